The highest BCUT2D eigenvalue weighted by Crippen LogP contribution is 2.21. The Hall–Kier alpha value is -2.89. The van der Waals surface area contributed by atoms with E-state index in [0.717, 1.165) is 29.8 Å². The highest BCUT2D eigenvalue weighted by Gasteiger charge is 2.21. The molecule has 5 nitrogen and oxygen atoms in total. The van der Waals surface area contributed by atoms with Crippen LogP contribution < -0.4 is 15.5 Å². The number of amides is 3. The number of hydrogen-bond donors (Lipinski definition) is 2. The zero-order valence-corrected chi connectivity index (χ0v) is 13.8. The number of carbonyl (C=O) groups excluding carboxylic acids is 2. The Morgan fingerprint density at radius 1 is 0.960 bits per heavy atom. The highest BCUT2D eigenvalue weighted by atomic mass is 19.1. The summed E-state index contributed by atoms with van der Waals surface area (Å²) in [6.45, 7) is 1.49. The van der Waals surface area contributed by atoms with Gasteiger partial charge in [-0.3, -0.25) is 4.79 Å². The summed E-state index contributed by atoms with van der Waals surface area (Å²) >= 11 is 0. The van der Waals surface area contributed by atoms with Gasteiger partial charge < -0.3 is 15.5 Å². The molecule has 1 fully saturated rings. The van der Waals surface area contributed by atoms with Crippen LogP contribution in [0.15, 0.2) is 48.5 Å². The zero-order valence-electron chi connectivity index (χ0n) is 13.8. The summed E-state index contributed by atoms with van der Waals surface area (Å²) in [5.74, 6) is -0.140. The molecule has 1 aliphatic heterocycles. The van der Waals surface area contributed by atoms with Crippen molar-refractivity contribution in [2.45, 2.75) is 25.9 Å². The fourth-order valence-electron chi connectivity index (χ4n) is 2.74. The lowest BCUT2D eigenvalue weighted by atomic mass is 10.2. The maximum absolute atomic E-state index is 12.8. The van der Waals surface area contributed by atoms with E-state index in [1.807, 2.05) is 24.3 Å². The molecule has 1 saturated heterocycles. The molecule has 0 aliphatic carbocycles. The minimum absolute atomic E-state index is 0.158. The lowest BCUT2D eigenvalue weighted by Gasteiger charge is -2.16. The molecule has 6 heteroatoms. The van der Waals surface area contributed by atoms with Crippen LogP contribution in [0.2, 0.25) is 0 Å². The van der Waals surface area contributed by atoms with Gasteiger partial charge in [-0.15, -0.1) is 0 Å². The molecule has 25 heavy (non-hydrogen) atoms. The SMILES string of the molecule is O=C(NCc1ccc(F)cc1)NCc1ccc(N2CCCC2=O)cc1. The Kier molecular flexibility index (Phi) is 5.28. The van der Waals surface area contributed by atoms with E-state index in [-0.39, 0.29) is 17.8 Å². The van der Waals surface area contributed by atoms with Gasteiger partial charge in [-0.1, -0.05) is 24.3 Å². The van der Waals surface area contributed by atoms with E-state index in [2.05, 4.69) is 10.6 Å². The molecule has 2 aromatic rings. The average molecular weight is 341 g/mol. The van der Waals surface area contributed by atoms with E-state index in [9.17, 15) is 14.0 Å². The predicted octanol–water partition coefficient (Wildman–Crippen LogP) is 2.95. The first kappa shape index (κ1) is 17.0. The Morgan fingerprint density at radius 3 is 2.04 bits per heavy atom. The molecule has 0 aromatic heterocycles. The van der Waals surface area contributed by atoms with E-state index in [1.54, 1.807) is 17.0 Å². The monoisotopic (exact) mass is 341 g/mol. The summed E-state index contributed by atoms with van der Waals surface area (Å²) in [6, 6.07) is 13.3. The zero-order chi connectivity index (χ0) is 17.6. The minimum atomic E-state index is -0.299. The van der Waals surface area contributed by atoms with Crippen LogP contribution in [0.4, 0.5) is 14.9 Å². The summed E-state index contributed by atoms with van der Waals surface area (Å²) in [7, 11) is 0. The van der Waals surface area contributed by atoms with E-state index in [4.69, 9.17) is 0 Å². The van der Waals surface area contributed by atoms with Crippen LogP contribution in [0.3, 0.4) is 0 Å². The summed E-state index contributed by atoms with van der Waals surface area (Å²) in [4.78, 5) is 25.3. The third kappa shape index (κ3) is 4.56. The molecule has 0 spiro atoms. The number of rotatable bonds is 5. The Bertz CT molecular complexity index is 744. The molecule has 1 aliphatic rings. The number of urea groups is 1. The summed E-state index contributed by atoms with van der Waals surface area (Å²) in [5, 5.41) is 5.50. The van der Waals surface area contributed by atoms with Gasteiger partial charge in [0.05, 0.1) is 0 Å². The lowest BCUT2D eigenvalue weighted by Crippen LogP contribution is -2.34. The van der Waals surface area contributed by atoms with Gasteiger partial charge in [-0.05, 0) is 41.8 Å². The molecule has 1 heterocycles. The van der Waals surface area contributed by atoms with Gasteiger partial charge in [0.2, 0.25) is 5.91 Å². The number of hydrogen-bond acceptors (Lipinski definition) is 2. The van der Waals surface area contributed by atoms with E-state index >= 15 is 0 Å². The number of anilines is 1. The van der Waals surface area contributed by atoms with E-state index in [0.29, 0.717) is 19.5 Å². The fraction of sp³-hybridized carbons (Fsp3) is 0.263. The minimum Gasteiger partial charge on any atom is -0.334 e. The Balaban J connectivity index is 1.45. The largest absolute Gasteiger partial charge is 0.334 e. The Morgan fingerprint density at radius 2 is 1.52 bits per heavy atom. The molecular formula is C19H20FN3O2. The standard InChI is InChI=1S/C19H20FN3O2/c20-16-7-3-14(4-8-16)12-21-19(25)22-13-15-5-9-17(10-6-15)23-11-1-2-18(23)24/h3-10H,1-2,11-13H2,(H2,21,22,25). The number of halogens is 1. The third-order valence-corrected chi connectivity index (χ3v) is 4.14. The second-order valence-electron chi connectivity index (χ2n) is 5.98. The van der Waals surface area contributed by atoms with Gasteiger partial charge in [0.25, 0.3) is 0 Å². The maximum atomic E-state index is 12.8. The van der Waals surface area contributed by atoms with Crippen LogP contribution >= 0.6 is 0 Å². The van der Waals surface area contributed by atoms with Gasteiger partial charge in [-0.2, -0.15) is 0 Å². The summed E-state index contributed by atoms with van der Waals surface area (Å²) in [5.41, 5.74) is 2.68. The summed E-state index contributed by atoms with van der Waals surface area (Å²) in [6.07, 6.45) is 1.51. The molecule has 2 aromatic carbocycles. The van der Waals surface area contributed by atoms with Crippen molar-refractivity contribution in [3.63, 3.8) is 0 Å². The molecule has 0 atom stereocenters. The van der Waals surface area contributed by atoms with E-state index < -0.39 is 0 Å². The lowest BCUT2D eigenvalue weighted by molar-refractivity contribution is -0.117. The van der Waals surface area contributed by atoms with Gasteiger partial charge in [-0.25, -0.2) is 9.18 Å². The number of nitrogens with one attached hydrogen (secondary N) is 2. The Labute approximate surface area is 145 Å². The van der Waals surface area contributed by atoms with Gasteiger partial charge in [0.1, 0.15) is 5.82 Å². The third-order valence-electron chi connectivity index (χ3n) is 4.14. The van der Waals surface area contributed by atoms with Crippen LogP contribution in [0.5, 0.6) is 0 Å². The van der Waals surface area contributed by atoms with Gasteiger partial charge in [0, 0.05) is 31.7 Å². The molecule has 3 amide bonds. The first-order valence-electron chi connectivity index (χ1n) is 8.27. The first-order valence-corrected chi connectivity index (χ1v) is 8.27. The molecule has 130 valence electrons. The first-order chi connectivity index (χ1) is 12.1. The normalized spacial score (nSPS) is 13.8. The molecule has 0 unspecified atom stereocenters. The molecule has 0 bridgehead atoms. The van der Waals surface area contributed by atoms with Crippen LogP contribution in [-0.4, -0.2) is 18.5 Å². The van der Waals surface area contributed by atoms with Crippen LogP contribution in [0.25, 0.3) is 0 Å². The topological polar surface area (TPSA) is 61.4 Å². The fourth-order valence-corrected chi connectivity index (χ4v) is 2.74. The quantitative estimate of drug-likeness (QED) is 0.878. The van der Waals surface area contributed by atoms with Crippen molar-refractivity contribution in [1.82, 2.24) is 10.6 Å². The molecular weight excluding hydrogens is 321 g/mol. The average Bonchev–Trinajstić information content (AvgIpc) is 3.06. The highest BCUT2D eigenvalue weighted by molar-refractivity contribution is 5.95. The van der Waals surface area contributed by atoms with Crippen molar-refractivity contribution in [1.29, 1.82) is 0 Å². The summed E-state index contributed by atoms with van der Waals surface area (Å²) < 4.78 is 12.8. The van der Waals surface area contributed by atoms with Crippen molar-refractivity contribution in [2.75, 3.05) is 11.4 Å². The molecule has 0 saturated carbocycles. The molecule has 2 N–H and O–H groups in total. The van der Waals surface area contributed by atoms with Crippen LogP contribution in [0, 0.1) is 5.82 Å². The van der Waals surface area contributed by atoms with Crippen LogP contribution in [-0.2, 0) is 17.9 Å². The number of benzene rings is 2. The van der Waals surface area contributed by atoms with Gasteiger partial charge >= 0.3 is 6.03 Å². The second-order valence-corrected chi connectivity index (χ2v) is 5.98. The maximum Gasteiger partial charge on any atom is 0.315 e. The van der Waals surface area contributed by atoms with Crippen molar-refractivity contribution >= 4 is 17.6 Å². The van der Waals surface area contributed by atoms with Crippen molar-refractivity contribution in [3.8, 4) is 0 Å². The molecule has 3 rings (SSSR count). The molecule has 0 radical (unpaired) electrons. The van der Waals surface area contributed by atoms with E-state index in [1.165, 1.54) is 12.1 Å². The van der Waals surface area contributed by atoms with Crippen molar-refractivity contribution < 1.29 is 14.0 Å². The smallest absolute Gasteiger partial charge is 0.315 e. The predicted molar refractivity (Wildman–Crippen MR) is 93.5 cm³/mol. The number of nitrogens with zero attached hydrogens (tertiary/aromatic N) is 1. The second kappa shape index (κ2) is 7.79. The number of carbonyl (C=O) groups is 2. The van der Waals surface area contributed by atoms with Crippen molar-refractivity contribution in [3.05, 3.63) is 65.5 Å². The van der Waals surface area contributed by atoms with Gasteiger partial charge in [0.15, 0.2) is 0 Å². The van der Waals surface area contributed by atoms with Crippen molar-refractivity contribution in [2.24, 2.45) is 0 Å². The van der Waals surface area contributed by atoms with Crippen LogP contribution in [0.1, 0.15) is 24.0 Å².